The van der Waals surface area contributed by atoms with Crippen LogP contribution in [-0.4, -0.2) is 118 Å². The lowest BCUT2D eigenvalue weighted by atomic mass is 9.93. The molecule has 14 heteroatoms. The Morgan fingerprint density at radius 1 is 0.533 bits per heavy atom. The molecule has 0 amide bonds. The van der Waals surface area contributed by atoms with Gasteiger partial charge in [0.2, 0.25) is 0 Å². The molecule has 0 bridgehead atoms. The lowest BCUT2D eigenvalue weighted by Crippen LogP contribution is -2.65. The van der Waals surface area contributed by atoms with Gasteiger partial charge in [0.05, 0.1) is 40.6 Å². The van der Waals surface area contributed by atoms with Crippen molar-refractivity contribution in [1.29, 1.82) is 0 Å². The van der Waals surface area contributed by atoms with E-state index in [2.05, 4.69) is 19.1 Å². The molecule has 3 fully saturated rings. The van der Waals surface area contributed by atoms with Gasteiger partial charge in [0, 0.05) is 37.0 Å². The lowest BCUT2D eigenvalue weighted by Gasteiger charge is -2.50. The summed E-state index contributed by atoms with van der Waals surface area (Å²) in [6.45, 7) is 13.0. The topological polar surface area (TPSA) is 126 Å². The van der Waals surface area contributed by atoms with Crippen molar-refractivity contribution in [1.82, 2.24) is 0 Å². The van der Waals surface area contributed by atoms with Gasteiger partial charge in [-0.05, 0) is 77.9 Å². The van der Waals surface area contributed by atoms with Crippen LogP contribution in [0.5, 0.6) is 0 Å². The number of hydrogen-bond acceptors (Lipinski definition) is 14. The number of thioether (sulfide) groups is 2. The van der Waals surface area contributed by atoms with Gasteiger partial charge < -0.3 is 47.4 Å². The van der Waals surface area contributed by atoms with Crippen LogP contribution in [0.25, 0.3) is 0 Å². The molecule has 3 saturated heterocycles. The van der Waals surface area contributed by atoms with Crippen molar-refractivity contribution in [3.05, 3.63) is 96.6 Å². The zero-order valence-corrected chi connectivity index (χ0v) is 37.7. The molecule has 328 valence electrons. The maximum Gasteiger partial charge on any atom is 0.338 e. The monoisotopic (exact) mass is 868 g/mol. The third kappa shape index (κ3) is 10.9. The van der Waals surface area contributed by atoms with Crippen molar-refractivity contribution >= 4 is 35.5 Å². The second-order valence-electron chi connectivity index (χ2n) is 16.5. The average molecular weight is 869 g/mol. The maximum atomic E-state index is 13.6. The largest absolute Gasteiger partial charge is 0.454 e. The van der Waals surface area contributed by atoms with E-state index in [1.165, 1.54) is 7.11 Å². The number of rotatable bonds is 14. The van der Waals surface area contributed by atoms with Crippen molar-refractivity contribution in [2.45, 2.75) is 143 Å². The van der Waals surface area contributed by atoms with Gasteiger partial charge in [0.15, 0.2) is 24.8 Å². The summed E-state index contributed by atoms with van der Waals surface area (Å²) >= 11 is 3.22. The average Bonchev–Trinajstić information content (AvgIpc) is 3.23. The summed E-state index contributed by atoms with van der Waals surface area (Å²) in [5, 5.41) is -0.468. The van der Waals surface area contributed by atoms with Crippen LogP contribution in [0.15, 0.2) is 101 Å². The fourth-order valence-electron chi connectivity index (χ4n) is 7.77. The van der Waals surface area contributed by atoms with Crippen molar-refractivity contribution in [3.8, 4) is 0 Å². The Labute approximate surface area is 362 Å². The summed E-state index contributed by atoms with van der Waals surface area (Å²) in [6, 6.07) is 28.8. The van der Waals surface area contributed by atoms with Crippen LogP contribution >= 0.6 is 23.5 Å². The molecule has 3 aliphatic rings. The first-order valence-electron chi connectivity index (χ1n) is 20.5. The third-order valence-electron chi connectivity index (χ3n) is 11.1. The van der Waals surface area contributed by atoms with Crippen LogP contribution < -0.4 is 0 Å². The molecule has 3 heterocycles. The first-order valence-corrected chi connectivity index (χ1v) is 22.3. The molecular weight excluding hydrogens is 809 g/mol. The minimum absolute atomic E-state index is 0.0281. The molecule has 15 atom stereocenters. The number of methoxy groups -OCH3 is 3. The summed E-state index contributed by atoms with van der Waals surface area (Å²) in [4.78, 5) is 29.0. The Kier molecular flexibility index (Phi) is 16.2. The minimum Gasteiger partial charge on any atom is -0.454 e. The normalized spacial score (nSPS) is 34.7. The second-order valence-corrected chi connectivity index (χ2v) is 18.9. The Hall–Kier alpha value is -3.02. The Bertz CT molecular complexity index is 1800. The highest BCUT2D eigenvalue weighted by atomic mass is 32.2. The van der Waals surface area contributed by atoms with Gasteiger partial charge in [0.25, 0.3) is 0 Å². The molecule has 3 aromatic carbocycles. The molecule has 0 spiro atoms. The fourth-order valence-corrected chi connectivity index (χ4v) is 10.2. The smallest absolute Gasteiger partial charge is 0.338 e. The van der Waals surface area contributed by atoms with Crippen LogP contribution in [0.1, 0.15) is 58.8 Å². The van der Waals surface area contributed by atoms with E-state index in [1.807, 2.05) is 68.4 Å². The number of ether oxygens (including phenoxy) is 10. The van der Waals surface area contributed by atoms with Gasteiger partial charge >= 0.3 is 11.9 Å². The van der Waals surface area contributed by atoms with Crippen molar-refractivity contribution in [2.24, 2.45) is 11.3 Å². The van der Waals surface area contributed by atoms with Gasteiger partial charge in [-0.3, -0.25) is 4.79 Å². The van der Waals surface area contributed by atoms with E-state index < -0.39 is 84.0 Å². The number of carbonyl (C=O) groups excluding carboxylic acids is 2. The summed E-state index contributed by atoms with van der Waals surface area (Å²) < 4.78 is 64.5. The van der Waals surface area contributed by atoms with E-state index in [4.69, 9.17) is 47.4 Å². The molecule has 12 nitrogen and oxygen atoms in total. The lowest BCUT2D eigenvalue weighted by molar-refractivity contribution is -0.347. The number of hydrogen-bond donors (Lipinski definition) is 0. The Morgan fingerprint density at radius 2 is 1.02 bits per heavy atom. The van der Waals surface area contributed by atoms with Crippen LogP contribution in [0, 0.1) is 11.3 Å². The standard InChI is InChI=1S/C46H60O12S2/c1-26-33(49-8)34(29(4)54-44(26)60-32-24-18-13-19-25-32)57-43-40(59-31-22-16-12-17-23-31)38(51-10)36(28(3)53-43)56-42-39(58-45(48)46(5,6)7)37(50-9)35(27(2)52-42)55-41(47)30-20-14-11-15-21-30/h11-29,33-40,42-44H,1-10H3. The minimum atomic E-state index is -1.17. The van der Waals surface area contributed by atoms with Gasteiger partial charge in [-0.15, -0.1) is 11.8 Å². The highest BCUT2D eigenvalue weighted by Gasteiger charge is 2.55. The number of benzene rings is 3. The van der Waals surface area contributed by atoms with E-state index in [1.54, 1.807) is 89.7 Å². The molecule has 0 N–H and O–H groups in total. The summed E-state index contributed by atoms with van der Waals surface area (Å²) in [5.74, 6) is -1.10. The van der Waals surface area contributed by atoms with Gasteiger partial charge in [-0.2, -0.15) is 0 Å². The van der Waals surface area contributed by atoms with Crippen molar-refractivity contribution in [2.75, 3.05) is 21.3 Å². The number of esters is 2. The zero-order chi connectivity index (χ0) is 43.1. The van der Waals surface area contributed by atoms with E-state index in [-0.39, 0.29) is 23.6 Å². The van der Waals surface area contributed by atoms with E-state index >= 15 is 0 Å². The van der Waals surface area contributed by atoms with Crippen LogP contribution in [0.2, 0.25) is 0 Å². The van der Waals surface area contributed by atoms with Gasteiger partial charge in [-0.25, -0.2) is 4.79 Å². The molecule has 0 radical (unpaired) electrons. The molecule has 0 saturated carbocycles. The number of carbonyl (C=O) groups is 2. The first-order chi connectivity index (χ1) is 28.7. The van der Waals surface area contributed by atoms with Crippen molar-refractivity contribution in [3.63, 3.8) is 0 Å². The molecule has 0 aromatic heterocycles. The summed E-state index contributed by atoms with van der Waals surface area (Å²) in [7, 11) is 4.81. The summed E-state index contributed by atoms with van der Waals surface area (Å²) in [6.07, 6.45) is -8.85. The summed E-state index contributed by atoms with van der Waals surface area (Å²) in [5.41, 5.74) is -0.673. The van der Waals surface area contributed by atoms with Crippen molar-refractivity contribution < 1.29 is 57.0 Å². The molecular formula is C46H60O12S2. The quantitative estimate of drug-likeness (QED) is 0.146. The predicted octanol–water partition coefficient (Wildman–Crippen LogP) is 7.81. The fraction of sp³-hybridized carbons (Fsp3) is 0.565. The van der Waals surface area contributed by atoms with Gasteiger partial charge in [-0.1, -0.05) is 73.3 Å². The third-order valence-corrected chi connectivity index (χ3v) is 13.7. The second kappa shape index (κ2) is 20.9. The molecule has 6 rings (SSSR count). The van der Waals surface area contributed by atoms with E-state index in [9.17, 15) is 9.59 Å². The maximum absolute atomic E-state index is 13.6. The molecule has 0 aliphatic carbocycles. The predicted molar refractivity (Wildman–Crippen MR) is 228 cm³/mol. The van der Waals surface area contributed by atoms with E-state index in [0.29, 0.717) is 5.56 Å². The molecule has 3 aliphatic heterocycles. The van der Waals surface area contributed by atoms with Gasteiger partial charge in [0.1, 0.15) is 29.9 Å². The highest BCUT2D eigenvalue weighted by molar-refractivity contribution is 8.00. The first kappa shape index (κ1) is 46.5. The van der Waals surface area contributed by atoms with Crippen LogP contribution in [0.4, 0.5) is 0 Å². The zero-order valence-electron chi connectivity index (χ0n) is 36.0. The Balaban J connectivity index is 1.27. The van der Waals surface area contributed by atoms with E-state index in [0.717, 1.165) is 9.79 Å². The highest BCUT2D eigenvalue weighted by Crippen LogP contribution is 2.43. The van der Waals surface area contributed by atoms with Crippen LogP contribution in [0.3, 0.4) is 0 Å². The Morgan fingerprint density at radius 3 is 1.58 bits per heavy atom. The SMILES string of the molecule is COC1C(C)C(Sc2ccccc2)OC(C)C1OC1OC(C)C(OC2OC(C)C(OC(=O)c3ccccc3)C(OC)C2OC(=O)C(C)(C)C)C(OC)C1Sc1ccccc1. The molecule has 60 heavy (non-hydrogen) atoms. The molecule has 3 aromatic rings. The molecule has 15 unspecified atom stereocenters. The van der Waals surface area contributed by atoms with Crippen LogP contribution in [-0.2, 0) is 52.2 Å².